The van der Waals surface area contributed by atoms with E-state index in [-0.39, 0.29) is 0 Å². The molecule has 0 saturated heterocycles. The lowest BCUT2D eigenvalue weighted by atomic mass is 10.2. The minimum atomic E-state index is -0.406. The first kappa shape index (κ1) is 14.2. The molecular weight excluding hydrogens is 333 g/mol. The summed E-state index contributed by atoms with van der Waals surface area (Å²) in [5, 5.41) is 3.45. The van der Waals surface area contributed by atoms with Gasteiger partial charge in [-0.25, -0.2) is 14.4 Å². The molecule has 0 aliphatic carbocycles. The van der Waals surface area contributed by atoms with Crippen LogP contribution in [0.1, 0.15) is 12.6 Å². The molecule has 1 aromatic carbocycles. The second-order valence-corrected chi connectivity index (χ2v) is 5.21. The van der Waals surface area contributed by atoms with Gasteiger partial charge in [0.05, 0.1) is 10.2 Å². The topological polar surface area (TPSA) is 37.8 Å². The normalized spacial score (nSPS) is 10.6. The third kappa shape index (κ3) is 3.22. The molecule has 100 valence electrons. The average molecular weight is 345 g/mol. The number of anilines is 1. The summed E-state index contributed by atoms with van der Waals surface area (Å²) < 4.78 is 14.2. The first-order chi connectivity index (χ1) is 9.01. The molecule has 1 heterocycles. The summed E-state index contributed by atoms with van der Waals surface area (Å²) in [5.74, 6) is 0.722. The second kappa shape index (κ2) is 5.84. The highest BCUT2D eigenvalue weighted by Crippen LogP contribution is 2.28. The van der Waals surface area contributed by atoms with Gasteiger partial charge in [0.2, 0.25) is 0 Å². The molecule has 0 radical (unpaired) electrons. The van der Waals surface area contributed by atoms with E-state index in [2.05, 4.69) is 31.2 Å². The van der Waals surface area contributed by atoms with Gasteiger partial charge in [0.25, 0.3) is 0 Å². The molecule has 3 nitrogen and oxygen atoms in total. The molecule has 2 aromatic rings. The number of hydrogen-bond donors (Lipinski definition) is 1. The van der Waals surface area contributed by atoms with Crippen LogP contribution < -0.4 is 5.32 Å². The molecule has 0 fully saturated rings. The summed E-state index contributed by atoms with van der Waals surface area (Å²) in [6, 6.07) is 4.26. The van der Waals surface area contributed by atoms with Crippen molar-refractivity contribution >= 4 is 33.3 Å². The van der Waals surface area contributed by atoms with Gasteiger partial charge >= 0.3 is 0 Å². The zero-order valence-electron chi connectivity index (χ0n) is 10.5. The van der Waals surface area contributed by atoms with E-state index in [0.29, 0.717) is 22.2 Å². The number of halogens is 3. The van der Waals surface area contributed by atoms with E-state index in [0.717, 1.165) is 16.7 Å². The van der Waals surface area contributed by atoms with Crippen LogP contribution in [0.5, 0.6) is 0 Å². The van der Waals surface area contributed by atoms with Crippen molar-refractivity contribution in [3.05, 3.63) is 39.2 Å². The largest absolute Gasteiger partial charge is 0.369 e. The molecule has 0 unspecified atom stereocenters. The highest BCUT2D eigenvalue weighted by molar-refractivity contribution is 9.10. The van der Waals surface area contributed by atoms with Crippen LogP contribution in [-0.2, 0) is 0 Å². The third-order valence-electron chi connectivity index (χ3n) is 2.48. The van der Waals surface area contributed by atoms with Crippen molar-refractivity contribution < 1.29 is 4.39 Å². The quantitative estimate of drug-likeness (QED) is 0.894. The highest BCUT2D eigenvalue weighted by atomic mass is 79.9. The van der Waals surface area contributed by atoms with Crippen LogP contribution in [0.15, 0.2) is 22.7 Å². The van der Waals surface area contributed by atoms with Crippen molar-refractivity contribution in [2.75, 3.05) is 11.9 Å². The summed E-state index contributed by atoms with van der Waals surface area (Å²) in [6.07, 6.45) is 0. The predicted molar refractivity (Wildman–Crippen MR) is 79.0 cm³/mol. The van der Waals surface area contributed by atoms with E-state index in [1.165, 1.54) is 12.1 Å². The Balaban J connectivity index is 2.55. The summed E-state index contributed by atoms with van der Waals surface area (Å²) in [5.41, 5.74) is 1.33. The Kier molecular flexibility index (Phi) is 4.37. The molecule has 0 bridgehead atoms. The van der Waals surface area contributed by atoms with Gasteiger partial charge < -0.3 is 5.32 Å². The van der Waals surface area contributed by atoms with Crippen molar-refractivity contribution in [1.29, 1.82) is 0 Å². The molecule has 6 heteroatoms. The van der Waals surface area contributed by atoms with Crippen LogP contribution in [0, 0.1) is 12.7 Å². The maximum absolute atomic E-state index is 13.4. The van der Waals surface area contributed by atoms with Gasteiger partial charge in [-0.1, -0.05) is 11.6 Å². The average Bonchev–Trinajstić information content (AvgIpc) is 2.33. The van der Waals surface area contributed by atoms with E-state index in [1.807, 2.05) is 13.8 Å². The minimum Gasteiger partial charge on any atom is -0.369 e. The van der Waals surface area contributed by atoms with Crippen molar-refractivity contribution in [1.82, 2.24) is 9.97 Å². The Morgan fingerprint density at radius 2 is 2.05 bits per heavy atom. The molecule has 0 spiro atoms. The number of nitrogens with zero attached hydrogens (tertiary/aromatic N) is 2. The fourth-order valence-corrected chi connectivity index (χ4v) is 2.20. The highest BCUT2D eigenvalue weighted by Gasteiger charge is 2.11. The number of nitrogens with one attached hydrogen (secondary N) is 1. The predicted octanol–water partition coefficient (Wildman–Crippen LogP) is 4.44. The van der Waals surface area contributed by atoms with Gasteiger partial charge in [-0.2, -0.15) is 0 Å². The number of benzene rings is 1. The Bertz CT molecular complexity index is 599. The number of hydrogen-bond acceptors (Lipinski definition) is 3. The smallest absolute Gasteiger partial charge is 0.161 e. The monoisotopic (exact) mass is 343 g/mol. The molecule has 19 heavy (non-hydrogen) atoms. The molecular formula is C13H12BrClFN3. The molecule has 2 rings (SSSR count). The summed E-state index contributed by atoms with van der Waals surface area (Å²) in [4.78, 5) is 8.73. The first-order valence-electron chi connectivity index (χ1n) is 5.75. The Hall–Kier alpha value is -1.20. The van der Waals surface area contributed by atoms with E-state index in [4.69, 9.17) is 11.6 Å². The third-order valence-corrected chi connectivity index (χ3v) is 3.65. The van der Waals surface area contributed by atoms with Crippen molar-refractivity contribution in [3.63, 3.8) is 0 Å². The SMILES string of the molecule is CCNc1nc(-c2cc(F)cc(Cl)c2)nc(C)c1Br. The lowest BCUT2D eigenvalue weighted by Gasteiger charge is -2.10. The summed E-state index contributed by atoms with van der Waals surface area (Å²) >= 11 is 9.28. The van der Waals surface area contributed by atoms with Crippen molar-refractivity contribution in [2.45, 2.75) is 13.8 Å². The van der Waals surface area contributed by atoms with E-state index in [1.54, 1.807) is 6.07 Å². The molecule has 0 aliphatic rings. The number of aromatic nitrogens is 2. The van der Waals surface area contributed by atoms with Crippen LogP contribution in [0.3, 0.4) is 0 Å². The van der Waals surface area contributed by atoms with Gasteiger partial charge in [0.1, 0.15) is 11.6 Å². The Morgan fingerprint density at radius 1 is 1.32 bits per heavy atom. The van der Waals surface area contributed by atoms with Crippen LogP contribution in [0.4, 0.5) is 10.2 Å². The van der Waals surface area contributed by atoms with Gasteiger partial charge in [-0.05, 0) is 48.0 Å². The van der Waals surface area contributed by atoms with Gasteiger partial charge in [-0.3, -0.25) is 0 Å². The molecule has 0 amide bonds. The van der Waals surface area contributed by atoms with E-state index < -0.39 is 5.82 Å². The van der Waals surface area contributed by atoms with E-state index >= 15 is 0 Å². The Morgan fingerprint density at radius 3 is 2.68 bits per heavy atom. The molecule has 0 aliphatic heterocycles. The molecule has 1 aromatic heterocycles. The summed E-state index contributed by atoms with van der Waals surface area (Å²) in [7, 11) is 0. The van der Waals surface area contributed by atoms with Crippen LogP contribution in [0.25, 0.3) is 11.4 Å². The zero-order chi connectivity index (χ0) is 14.0. The lowest BCUT2D eigenvalue weighted by molar-refractivity contribution is 0.628. The fraction of sp³-hybridized carbons (Fsp3) is 0.231. The maximum atomic E-state index is 13.4. The van der Waals surface area contributed by atoms with Gasteiger partial charge in [-0.15, -0.1) is 0 Å². The number of aryl methyl sites for hydroxylation is 1. The minimum absolute atomic E-state index is 0.323. The fourth-order valence-electron chi connectivity index (χ4n) is 1.66. The second-order valence-electron chi connectivity index (χ2n) is 3.98. The maximum Gasteiger partial charge on any atom is 0.161 e. The van der Waals surface area contributed by atoms with Crippen molar-refractivity contribution in [2.24, 2.45) is 0 Å². The summed E-state index contributed by atoms with van der Waals surface area (Å²) in [6.45, 7) is 4.57. The molecule has 0 saturated carbocycles. The first-order valence-corrected chi connectivity index (χ1v) is 6.93. The standard InChI is InChI=1S/C13H12BrClFN3/c1-3-17-13-11(14)7(2)18-12(19-13)8-4-9(15)6-10(16)5-8/h4-6H,3H2,1-2H3,(H,17,18,19). The van der Waals surface area contributed by atoms with Crippen LogP contribution in [-0.4, -0.2) is 16.5 Å². The molecule has 0 atom stereocenters. The van der Waals surface area contributed by atoms with Gasteiger partial charge in [0, 0.05) is 17.1 Å². The zero-order valence-corrected chi connectivity index (χ0v) is 12.8. The van der Waals surface area contributed by atoms with E-state index in [9.17, 15) is 4.39 Å². The lowest BCUT2D eigenvalue weighted by Crippen LogP contribution is -2.04. The number of rotatable bonds is 3. The van der Waals surface area contributed by atoms with Crippen molar-refractivity contribution in [3.8, 4) is 11.4 Å². The van der Waals surface area contributed by atoms with Crippen LogP contribution in [0.2, 0.25) is 5.02 Å². The Labute approximate surface area is 124 Å². The molecule has 1 N–H and O–H groups in total. The van der Waals surface area contributed by atoms with Crippen LogP contribution >= 0.6 is 27.5 Å². The van der Waals surface area contributed by atoms with Gasteiger partial charge in [0.15, 0.2) is 5.82 Å².